The quantitative estimate of drug-likeness (QED) is 0.487. The second-order valence-electron chi connectivity index (χ2n) is 2.59. The molecule has 1 rings (SSSR count). The van der Waals surface area contributed by atoms with Gasteiger partial charge in [0.15, 0.2) is 0 Å². The highest BCUT2D eigenvalue weighted by atomic mass is 35.5. The van der Waals surface area contributed by atoms with E-state index in [1.165, 1.54) is 24.3 Å². The number of hydrogen-bond donors (Lipinski definition) is 1. The molecule has 0 amide bonds. The number of rotatable bonds is 2. The van der Waals surface area contributed by atoms with Crippen molar-refractivity contribution < 1.29 is 19.6 Å². The molecule has 7 heteroatoms. The van der Waals surface area contributed by atoms with E-state index in [4.69, 9.17) is 16.7 Å². The smallest absolute Gasteiger partial charge is 0.371 e. The molecule has 0 aliphatic rings. The van der Waals surface area contributed by atoms with E-state index in [-0.39, 0.29) is 5.69 Å². The SMILES string of the molecule is CC(=O)C(=O)O.O=[N+]([O-])c1ccc(Cl)cc1. The van der Waals surface area contributed by atoms with Crippen LogP contribution in [0, 0.1) is 10.1 Å². The number of nitro groups is 1. The molecule has 16 heavy (non-hydrogen) atoms. The van der Waals surface area contributed by atoms with Crippen molar-refractivity contribution in [2.24, 2.45) is 0 Å². The number of benzene rings is 1. The zero-order chi connectivity index (χ0) is 12.7. The lowest BCUT2D eigenvalue weighted by atomic mass is 10.3. The Morgan fingerprint density at radius 2 is 1.69 bits per heavy atom. The van der Waals surface area contributed by atoms with Crippen LogP contribution in [0.3, 0.4) is 0 Å². The minimum Gasteiger partial charge on any atom is -0.476 e. The van der Waals surface area contributed by atoms with E-state index in [1.54, 1.807) is 0 Å². The molecule has 1 N–H and O–H groups in total. The Morgan fingerprint density at radius 1 is 1.31 bits per heavy atom. The van der Waals surface area contributed by atoms with Crippen LogP contribution in [-0.4, -0.2) is 21.8 Å². The number of carboxylic acids is 1. The van der Waals surface area contributed by atoms with Gasteiger partial charge in [-0.3, -0.25) is 14.9 Å². The van der Waals surface area contributed by atoms with Gasteiger partial charge in [-0.2, -0.15) is 0 Å². The maximum Gasteiger partial charge on any atom is 0.371 e. The average Bonchev–Trinajstić information content (AvgIpc) is 2.19. The lowest BCUT2D eigenvalue weighted by Crippen LogP contribution is -2.05. The fourth-order valence-electron chi connectivity index (χ4n) is 0.563. The van der Waals surface area contributed by atoms with E-state index < -0.39 is 16.7 Å². The molecular formula is C9H8ClNO5. The van der Waals surface area contributed by atoms with Crippen LogP contribution in [0.2, 0.25) is 5.02 Å². The molecule has 86 valence electrons. The molecule has 0 saturated heterocycles. The highest BCUT2D eigenvalue weighted by Crippen LogP contribution is 2.14. The molecule has 0 radical (unpaired) electrons. The van der Waals surface area contributed by atoms with Crippen molar-refractivity contribution in [2.75, 3.05) is 0 Å². The number of halogens is 1. The Hall–Kier alpha value is -1.95. The molecule has 0 heterocycles. The summed E-state index contributed by atoms with van der Waals surface area (Å²) in [5.74, 6) is -2.20. The summed E-state index contributed by atoms with van der Waals surface area (Å²) in [5, 5.41) is 18.2. The van der Waals surface area contributed by atoms with Gasteiger partial charge in [0, 0.05) is 24.1 Å². The van der Waals surface area contributed by atoms with Crippen molar-refractivity contribution in [1.29, 1.82) is 0 Å². The maximum absolute atomic E-state index is 10.1. The van der Waals surface area contributed by atoms with Crippen LogP contribution in [0.1, 0.15) is 6.92 Å². The largest absolute Gasteiger partial charge is 0.476 e. The fraction of sp³-hybridized carbons (Fsp3) is 0.111. The van der Waals surface area contributed by atoms with Crippen molar-refractivity contribution in [3.8, 4) is 0 Å². The summed E-state index contributed by atoms with van der Waals surface area (Å²) in [6.07, 6.45) is 0. The normalized spacial score (nSPS) is 8.62. The lowest BCUT2D eigenvalue weighted by molar-refractivity contribution is -0.384. The van der Waals surface area contributed by atoms with Crippen molar-refractivity contribution in [1.82, 2.24) is 0 Å². The minimum atomic E-state index is -1.38. The Morgan fingerprint density at radius 3 is 1.94 bits per heavy atom. The third-order valence-electron chi connectivity index (χ3n) is 1.34. The van der Waals surface area contributed by atoms with Crippen molar-refractivity contribution >= 4 is 29.0 Å². The average molecular weight is 246 g/mol. The molecule has 0 bridgehead atoms. The van der Waals surface area contributed by atoms with Crippen molar-refractivity contribution in [2.45, 2.75) is 6.92 Å². The predicted octanol–water partition coefficient (Wildman–Crippen LogP) is 1.91. The summed E-state index contributed by atoms with van der Waals surface area (Å²) >= 11 is 5.49. The van der Waals surface area contributed by atoms with Crippen LogP contribution in [0.15, 0.2) is 24.3 Å². The molecule has 0 fully saturated rings. The van der Waals surface area contributed by atoms with Crippen LogP contribution in [0.4, 0.5) is 5.69 Å². The number of carbonyl (C=O) groups excluding carboxylic acids is 1. The third-order valence-corrected chi connectivity index (χ3v) is 1.59. The van der Waals surface area contributed by atoms with E-state index in [1.807, 2.05) is 0 Å². The van der Waals surface area contributed by atoms with Crippen LogP contribution >= 0.6 is 11.6 Å². The number of Topliss-reactive ketones (excluding diaryl/α,β-unsaturated/α-hetero) is 1. The van der Waals surface area contributed by atoms with Crippen LogP contribution in [0.5, 0.6) is 0 Å². The minimum absolute atomic E-state index is 0.0596. The lowest BCUT2D eigenvalue weighted by Gasteiger charge is -1.88. The fourth-order valence-corrected chi connectivity index (χ4v) is 0.689. The molecule has 0 aliphatic carbocycles. The highest BCUT2D eigenvalue weighted by molar-refractivity contribution is 6.31. The number of carboxylic acid groups (broad SMARTS) is 1. The van der Waals surface area contributed by atoms with Crippen LogP contribution in [-0.2, 0) is 9.59 Å². The Labute approximate surface area is 95.6 Å². The molecule has 0 saturated carbocycles. The molecule has 1 aromatic carbocycles. The first kappa shape index (κ1) is 14.1. The van der Waals surface area contributed by atoms with Gasteiger partial charge in [-0.15, -0.1) is 0 Å². The summed E-state index contributed by atoms with van der Waals surface area (Å²) in [5.41, 5.74) is 0.0596. The summed E-state index contributed by atoms with van der Waals surface area (Å²) in [6.45, 7) is 1.00. The van der Waals surface area contributed by atoms with Gasteiger partial charge in [-0.05, 0) is 12.1 Å². The zero-order valence-corrected chi connectivity index (χ0v) is 8.97. The van der Waals surface area contributed by atoms with Gasteiger partial charge in [-0.1, -0.05) is 11.6 Å². The van der Waals surface area contributed by atoms with Crippen molar-refractivity contribution in [3.05, 3.63) is 39.4 Å². The second kappa shape index (κ2) is 6.52. The van der Waals surface area contributed by atoms with Crippen LogP contribution in [0.25, 0.3) is 0 Å². The van der Waals surface area contributed by atoms with E-state index in [2.05, 4.69) is 0 Å². The van der Waals surface area contributed by atoms with Gasteiger partial charge in [0.1, 0.15) is 0 Å². The number of nitro benzene ring substituents is 1. The summed E-state index contributed by atoms with van der Waals surface area (Å²) in [6, 6.07) is 5.70. The Kier molecular flexibility index (Phi) is 5.72. The van der Waals surface area contributed by atoms with Gasteiger partial charge in [0.2, 0.25) is 5.78 Å². The number of non-ortho nitro benzene ring substituents is 1. The standard InChI is InChI=1S/C6H4ClNO2.C3H4O3/c7-5-1-3-6(4-2-5)8(9)10;1-2(4)3(5)6/h1-4H;1H3,(H,5,6). The predicted molar refractivity (Wildman–Crippen MR) is 56.4 cm³/mol. The maximum atomic E-state index is 10.1. The topological polar surface area (TPSA) is 97.5 Å². The molecule has 0 aliphatic heterocycles. The first-order chi connectivity index (χ1) is 7.34. The Balaban J connectivity index is 0.000000325. The number of nitrogens with zero attached hydrogens (tertiary/aromatic N) is 1. The van der Waals surface area contributed by atoms with Gasteiger partial charge >= 0.3 is 5.97 Å². The van der Waals surface area contributed by atoms with Gasteiger partial charge in [-0.25, -0.2) is 4.79 Å². The number of hydrogen-bond acceptors (Lipinski definition) is 4. The van der Waals surface area contributed by atoms with E-state index in [9.17, 15) is 19.7 Å². The van der Waals surface area contributed by atoms with Crippen LogP contribution < -0.4 is 0 Å². The van der Waals surface area contributed by atoms with Gasteiger partial charge in [0.05, 0.1) is 4.92 Å². The molecule has 0 unspecified atom stereocenters. The molecular weight excluding hydrogens is 238 g/mol. The van der Waals surface area contributed by atoms with Gasteiger partial charge in [0.25, 0.3) is 5.69 Å². The number of carbonyl (C=O) groups is 2. The van der Waals surface area contributed by atoms with E-state index >= 15 is 0 Å². The third kappa shape index (κ3) is 5.71. The molecule has 0 spiro atoms. The molecule has 0 aromatic heterocycles. The van der Waals surface area contributed by atoms with E-state index in [0.717, 1.165) is 6.92 Å². The summed E-state index contributed by atoms with van der Waals surface area (Å²) < 4.78 is 0. The van der Waals surface area contributed by atoms with E-state index in [0.29, 0.717) is 5.02 Å². The molecule has 0 atom stereocenters. The first-order valence-electron chi connectivity index (χ1n) is 3.98. The molecule has 1 aromatic rings. The monoisotopic (exact) mass is 245 g/mol. The van der Waals surface area contributed by atoms with Crippen molar-refractivity contribution in [3.63, 3.8) is 0 Å². The number of ketones is 1. The summed E-state index contributed by atoms with van der Waals surface area (Å²) in [7, 11) is 0. The zero-order valence-electron chi connectivity index (χ0n) is 8.21. The highest BCUT2D eigenvalue weighted by Gasteiger charge is 2.01. The second-order valence-corrected chi connectivity index (χ2v) is 3.03. The first-order valence-corrected chi connectivity index (χ1v) is 4.36. The van der Waals surface area contributed by atoms with Gasteiger partial charge < -0.3 is 5.11 Å². The Bertz CT molecular complexity index is 389. The summed E-state index contributed by atoms with van der Waals surface area (Å²) in [4.78, 5) is 28.5. The number of aliphatic carboxylic acids is 1. The molecule has 6 nitrogen and oxygen atoms in total.